The second-order valence-electron chi connectivity index (χ2n) is 13.0. The SMILES string of the molecule is COc1cc2c(cc1OC)CN(CCc1ccc(NC(=O)c3ccc(/C=c4\[nH]c(=O)/c(=C/c5cccc6ccccc56)n(C)c4=O)cc3)cc1)CC2. The number of aromatic amines is 1. The standard InChI is InChI=1S/C43H40N4O5/c1-46-38(24-33-9-6-8-30-7-4-5-10-36(30)33)42(49)45-37(43(46)50)23-29-11-15-31(16-12-29)41(48)44-35-17-13-28(14-18-35)19-21-47-22-20-32-25-39(51-2)40(52-3)26-34(32)27-47/h4-18,23-26H,19-22,27H2,1-3H3,(H,44,48)(H,45,49)/b37-23-,38-24-. The largest absolute Gasteiger partial charge is 0.493 e. The van der Waals surface area contributed by atoms with Crippen molar-refractivity contribution in [2.75, 3.05) is 32.6 Å². The number of carbonyl (C=O) groups excluding carboxylic acids is 1. The van der Waals surface area contributed by atoms with Crippen molar-refractivity contribution in [2.24, 2.45) is 7.05 Å². The number of rotatable bonds is 9. The van der Waals surface area contributed by atoms with Crippen molar-refractivity contribution in [3.05, 3.63) is 168 Å². The maximum Gasteiger partial charge on any atom is 0.274 e. The summed E-state index contributed by atoms with van der Waals surface area (Å²) in [4.78, 5) is 44.7. The van der Waals surface area contributed by atoms with E-state index in [4.69, 9.17) is 9.47 Å². The van der Waals surface area contributed by atoms with E-state index in [0.29, 0.717) is 16.8 Å². The van der Waals surface area contributed by atoms with Gasteiger partial charge in [0.2, 0.25) is 0 Å². The third-order valence-electron chi connectivity index (χ3n) is 9.70. The monoisotopic (exact) mass is 692 g/mol. The molecule has 1 aliphatic rings. The lowest BCUT2D eigenvalue weighted by Crippen LogP contribution is -2.52. The van der Waals surface area contributed by atoms with Gasteiger partial charge < -0.3 is 24.3 Å². The van der Waals surface area contributed by atoms with Crippen molar-refractivity contribution < 1.29 is 14.3 Å². The average Bonchev–Trinajstić information content (AvgIpc) is 3.17. The van der Waals surface area contributed by atoms with E-state index in [-0.39, 0.29) is 27.7 Å². The molecule has 9 nitrogen and oxygen atoms in total. The van der Waals surface area contributed by atoms with Gasteiger partial charge in [-0.2, -0.15) is 0 Å². The molecule has 5 aromatic carbocycles. The molecule has 0 spiro atoms. The zero-order valence-corrected chi connectivity index (χ0v) is 29.4. The lowest BCUT2D eigenvalue weighted by atomic mass is 9.98. The van der Waals surface area contributed by atoms with Crippen molar-refractivity contribution in [3.63, 3.8) is 0 Å². The summed E-state index contributed by atoms with van der Waals surface area (Å²) in [6.07, 6.45) is 5.21. The van der Waals surface area contributed by atoms with Gasteiger partial charge in [0, 0.05) is 37.9 Å². The topological polar surface area (TPSA) is 106 Å². The second kappa shape index (κ2) is 15.0. The zero-order chi connectivity index (χ0) is 36.2. The van der Waals surface area contributed by atoms with Gasteiger partial charge in [0.1, 0.15) is 10.7 Å². The molecule has 7 rings (SSSR count). The Kier molecular flexibility index (Phi) is 9.86. The smallest absolute Gasteiger partial charge is 0.274 e. The number of carbonyl (C=O) groups is 1. The fourth-order valence-corrected chi connectivity index (χ4v) is 6.74. The Morgan fingerprint density at radius 1 is 0.846 bits per heavy atom. The van der Waals surface area contributed by atoms with E-state index in [1.165, 1.54) is 21.3 Å². The fraction of sp³-hybridized carbons (Fsp3) is 0.186. The number of nitrogens with one attached hydrogen (secondary N) is 2. The molecule has 1 aromatic heterocycles. The van der Waals surface area contributed by atoms with Crippen LogP contribution in [0.2, 0.25) is 0 Å². The highest BCUT2D eigenvalue weighted by atomic mass is 16.5. The van der Waals surface area contributed by atoms with Gasteiger partial charge in [-0.1, -0.05) is 66.7 Å². The Hall–Kier alpha value is -6.19. The number of fused-ring (bicyclic) bond motifs is 2. The van der Waals surface area contributed by atoms with Gasteiger partial charge in [-0.3, -0.25) is 19.3 Å². The maximum atomic E-state index is 13.3. The number of amides is 1. The van der Waals surface area contributed by atoms with Crippen LogP contribution in [0.15, 0.2) is 113 Å². The van der Waals surface area contributed by atoms with Crippen molar-refractivity contribution in [3.8, 4) is 11.5 Å². The molecular formula is C43H40N4O5. The molecule has 0 saturated carbocycles. The molecule has 0 saturated heterocycles. The molecule has 0 aliphatic carbocycles. The average molecular weight is 693 g/mol. The molecule has 6 aromatic rings. The van der Waals surface area contributed by atoms with E-state index >= 15 is 0 Å². The minimum atomic E-state index is -0.372. The van der Waals surface area contributed by atoms with Gasteiger partial charge in [0.25, 0.3) is 17.0 Å². The van der Waals surface area contributed by atoms with Crippen LogP contribution in [-0.2, 0) is 26.4 Å². The first-order valence-electron chi connectivity index (χ1n) is 17.3. The summed E-state index contributed by atoms with van der Waals surface area (Å²) < 4.78 is 12.3. The zero-order valence-electron chi connectivity index (χ0n) is 29.4. The first-order chi connectivity index (χ1) is 25.3. The van der Waals surface area contributed by atoms with E-state index in [1.54, 1.807) is 57.7 Å². The van der Waals surface area contributed by atoms with E-state index in [0.717, 1.165) is 60.3 Å². The van der Waals surface area contributed by atoms with Crippen LogP contribution in [0.25, 0.3) is 22.9 Å². The van der Waals surface area contributed by atoms with E-state index in [1.807, 2.05) is 66.7 Å². The van der Waals surface area contributed by atoms with Gasteiger partial charge in [-0.15, -0.1) is 0 Å². The molecule has 0 atom stereocenters. The molecule has 0 fully saturated rings. The van der Waals surface area contributed by atoms with E-state index in [2.05, 4.69) is 27.3 Å². The molecular weight excluding hydrogens is 652 g/mol. The van der Waals surface area contributed by atoms with Crippen LogP contribution in [0.1, 0.15) is 38.2 Å². The van der Waals surface area contributed by atoms with Gasteiger partial charge in [-0.05, 0) is 100.0 Å². The number of aromatic nitrogens is 2. The Morgan fingerprint density at radius 2 is 1.56 bits per heavy atom. The molecule has 2 heterocycles. The fourth-order valence-electron chi connectivity index (χ4n) is 6.74. The van der Waals surface area contributed by atoms with Crippen LogP contribution in [0.4, 0.5) is 5.69 Å². The highest BCUT2D eigenvalue weighted by molar-refractivity contribution is 6.04. The third kappa shape index (κ3) is 7.31. The van der Waals surface area contributed by atoms with Gasteiger partial charge in [0.15, 0.2) is 11.5 Å². The van der Waals surface area contributed by atoms with Crippen LogP contribution in [-0.4, -0.2) is 47.7 Å². The molecule has 1 aliphatic heterocycles. The van der Waals surface area contributed by atoms with Crippen LogP contribution >= 0.6 is 0 Å². The summed E-state index contributed by atoms with van der Waals surface area (Å²) in [5.41, 5.74) is 5.77. The normalized spacial score (nSPS) is 13.6. The third-order valence-corrected chi connectivity index (χ3v) is 9.70. The van der Waals surface area contributed by atoms with Crippen molar-refractivity contribution >= 4 is 34.5 Å². The predicted molar refractivity (Wildman–Crippen MR) is 206 cm³/mol. The summed E-state index contributed by atoms with van der Waals surface area (Å²) in [6.45, 7) is 2.78. The molecule has 2 N–H and O–H groups in total. The molecule has 0 bridgehead atoms. The number of H-pyrrole nitrogens is 1. The van der Waals surface area contributed by atoms with Crippen molar-refractivity contribution in [1.29, 1.82) is 0 Å². The quantitative estimate of drug-likeness (QED) is 0.227. The van der Waals surface area contributed by atoms with Crippen LogP contribution in [0.5, 0.6) is 11.5 Å². The Labute approximate surface area is 301 Å². The van der Waals surface area contributed by atoms with Crippen LogP contribution in [0.3, 0.4) is 0 Å². The summed E-state index contributed by atoms with van der Waals surface area (Å²) in [7, 11) is 4.92. The van der Waals surface area contributed by atoms with Crippen LogP contribution < -0.4 is 36.6 Å². The molecule has 9 heteroatoms. The number of benzene rings is 5. The summed E-state index contributed by atoms with van der Waals surface area (Å²) in [5.74, 6) is 1.29. The first kappa shape index (κ1) is 34.3. The minimum Gasteiger partial charge on any atom is -0.493 e. The minimum absolute atomic E-state index is 0.158. The lowest BCUT2D eigenvalue weighted by molar-refractivity contribution is 0.102. The summed E-state index contributed by atoms with van der Waals surface area (Å²) in [5, 5.41) is 5.43. The van der Waals surface area contributed by atoms with Crippen molar-refractivity contribution in [1.82, 2.24) is 14.5 Å². The molecule has 0 radical (unpaired) electrons. The Morgan fingerprint density at radius 3 is 2.31 bits per heavy atom. The second-order valence-corrected chi connectivity index (χ2v) is 13.0. The number of ether oxygens (including phenoxy) is 2. The highest BCUT2D eigenvalue weighted by Crippen LogP contribution is 2.33. The number of nitrogens with zero attached hydrogens (tertiary/aromatic N) is 2. The number of methoxy groups -OCH3 is 2. The summed E-state index contributed by atoms with van der Waals surface area (Å²) in [6, 6.07) is 32.8. The van der Waals surface area contributed by atoms with Gasteiger partial charge in [-0.25, -0.2) is 0 Å². The Bertz CT molecular complexity index is 2510. The highest BCUT2D eigenvalue weighted by Gasteiger charge is 2.19. The lowest BCUT2D eigenvalue weighted by Gasteiger charge is -2.29. The Balaban J connectivity index is 0.984. The van der Waals surface area contributed by atoms with E-state index in [9.17, 15) is 14.4 Å². The summed E-state index contributed by atoms with van der Waals surface area (Å²) >= 11 is 0. The maximum absolute atomic E-state index is 13.3. The molecule has 262 valence electrons. The predicted octanol–water partition coefficient (Wildman–Crippen LogP) is 4.75. The molecule has 0 unspecified atom stereocenters. The van der Waals surface area contributed by atoms with Gasteiger partial charge in [0.05, 0.1) is 14.2 Å². The van der Waals surface area contributed by atoms with E-state index < -0.39 is 0 Å². The number of anilines is 1. The molecule has 1 amide bonds. The van der Waals surface area contributed by atoms with Crippen molar-refractivity contribution in [2.45, 2.75) is 19.4 Å². The molecule has 52 heavy (non-hydrogen) atoms. The van der Waals surface area contributed by atoms with Gasteiger partial charge >= 0.3 is 0 Å². The number of hydrogen-bond acceptors (Lipinski definition) is 6. The first-order valence-corrected chi connectivity index (χ1v) is 17.3. The van der Waals surface area contributed by atoms with Crippen LogP contribution in [0, 0.1) is 0 Å². The number of hydrogen-bond donors (Lipinski definition) is 2.